The topological polar surface area (TPSA) is 74.8 Å². The highest BCUT2D eigenvalue weighted by Gasteiger charge is 2.32. The quantitative estimate of drug-likeness (QED) is 0.213. The summed E-state index contributed by atoms with van der Waals surface area (Å²) in [5.41, 5.74) is 3.16. The molecule has 0 bridgehead atoms. The lowest BCUT2D eigenvalue weighted by Crippen LogP contribution is -2.53. The zero-order valence-electron chi connectivity index (χ0n) is 24.0. The van der Waals surface area contributed by atoms with Gasteiger partial charge in [-0.2, -0.15) is 0 Å². The third-order valence-corrected chi connectivity index (χ3v) is 9.50. The van der Waals surface area contributed by atoms with Crippen LogP contribution in [0.25, 0.3) is 10.8 Å². The van der Waals surface area contributed by atoms with Gasteiger partial charge in [0.15, 0.2) is 0 Å². The van der Waals surface area contributed by atoms with Crippen molar-refractivity contribution >= 4 is 26.5 Å². The Hall–Kier alpha value is -4.08. The maximum atomic E-state index is 14.1. The lowest BCUT2D eigenvalue weighted by molar-refractivity contribution is 0.00901. The van der Waals surface area contributed by atoms with Gasteiger partial charge in [0.25, 0.3) is 0 Å². The molecule has 0 saturated carbocycles. The van der Waals surface area contributed by atoms with E-state index in [2.05, 4.69) is 43.8 Å². The molecule has 1 fully saturated rings. The van der Waals surface area contributed by atoms with Crippen molar-refractivity contribution in [1.29, 1.82) is 0 Å². The lowest BCUT2D eigenvalue weighted by Gasteiger charge is -2.39. The molecule has 8 heteroatoms. The normalized spacial score (nSPS) is 15.8. The summed E-state index contributed by atoms with van der Waals surface area (Å²) in [5.74, 6) is 0. The fraction of sp³-hybridized carbons (Fsp3) is 0.229. The smallest absolute Gasteiger partial charge is 0.241 e. The molecule has 2 unspecified atom stereocenters. The van der Waals surface area contributed by atoms with Crippen LogP contribution >= 0.6 is 0 Å². The number of para-hydroxylation sites is 1. The van der Waals surface area contributed by atoms with E-state index in [-0.39, 0.29) is 4.90 Å². The second-order valence-electron chi connectivity index (χ2n) is 10.8. The van der Waals surface area contributed by atoms with Crippen LogP contribution in [0.5, 0.6) is 0 Å². The monoisotopic (exact) mass is 592 g/mol. The number of ether oxygens (including phenoxy) is 1. The van der Waals surface area contributed by atoms with Crippen LogP contribution < -0.4 is 9.62 Å². The minimum atomic E-state index is -3.92. The van der Waals surface area contributed by atoms with Crippen molar-refractivity contribution in [2.24, 2.45) is 0 Å². The van der Waals surface area contributed by atoms with Crippen molar-refractivity contribution in [3.8, 4) is 0 Å². The van der Waals surface area contributed by atoms with Crippen LogP contribution in [-0.2, 0) is 21.4 Å². The van der Waals surface area contributed by atoms with Crippen LogP contribution in [0.3, 0.4) is 0 Å². The fourth-order valence-electron chi connectivity index (χ4n) is 5.74. The van der Waals surface area contributed by atoms with Crippen LogP contribution in [0.1, 0.15) is 17.2 Å². The van der Waals surface area contributed by atoms with Crippen molar-refractivity contribution in [3.05, 3.63) is 139 Å². The van der Waals surface area contributed by atoms with Gasteiger partial charge in [0.05, 0.1) is 17.5 Å². The first-order valence-corrected chi connectivity index (χ1v) is 16.1. The summed E-state index contributed by atoms with van der Waals surface area (Å²) in [6.45, 7) is 4.21. The molecule has 1 aliphatic rings. The molecule has 1 aromatic heterocycles. The second kappa shape index (κ2) is 13.5. The van der Waals surface area contributed by atoms with Crippen LogP contribution in [0.15, 0.2) is 133 Å². The molecule has 2 atom stereocenters. The minimum Gasteiger partial charge on any atom is -0.369 e. The highest BCUT2D eigenvalue weighted by Crippen LogP contribution is 2.28. The number of piperazine rings is 1. The molecule has 43 heavy (non-hydrogen) atoms. The van der Waals surface area contributed by atoms with Gasteiger partial charge in [0.1, 0.15) is 6.10 Å². The van der Waals surface area contributed by atoms with E-state index in [9.17, 15) is 8.42 Å². The Morgan fingerprint density at radius 2 is 1.44 bits per heavy atom. The van der Waals surface area contributed by atoms with Gasteiger partial charge in [-0.1, -0.05) is 91.0 Å². The van der Waals surface area contributed by atoms with E-state index < -0.39 is 22.2 Å². The molecule has 1 N–H and O–H groups in total. The molecule has 1 aliphatic heterocycles. The number of fused-ring (bicyclic) bond motifs is 1. The molecule has 2 heterocycles. The lowest BCUT2D eigenvalue weighted by atomic mass is 10.0. The van der Waals surface area contributed by atoms with Crippen LogP contribution in [-0.4, -0.2) is 57.1 Å². The third-order valence-electron chi connectivity index (χ3n) is 7.95. The zero-order chi connectivity index (χ0) is 29.5. The Balaban J connectivity index is 1.30. The summed E-state index contributed by atoms with van der Waals surface area (Å²) in [5, 5.41) is 1.42. The largest absolute Gasteiger partial charge is 0.369 e. The van der Waals surface area contributed by atoms with Crippen LogP contribution in [0.4, 0.5) is 5.69 Å². The second-order valence-corrected chi connectivity index (χ2v) is 12.5. The summed E-state index contributed by atoms with van der Waals surface area (Å²) in [4.78, 5) is 9.12. The summed E-state index contributed by atoms with van der Waals surface area (Å²) < 4.78 is 38.0. The molecule has 0 aliphatic carbocycles. The Morgan fingerprint density at radius 1 is 0.767 bits per heavy atom. The molecule has 7 nitrogen and oxygen atoms in total. The van der Waals surface area contributed by atoms with Gasteiger partial charge in [0, 0.05) is 61.6 Å². The predicted molar refractivity (Wildman–Crippen MR) is 171 cm³/mol. The minimum absolute atomic E-state index is 0.237. The first kappa shape index (κ1) is 29.0. The number of sulfonamides is 1. The van der Waals surface area contributed by atoms with Gasteiger partial charge >= 0.3 is 0 Å². The Morgan fingerprint density at radius 3 is 2.16 bits per heavy atom. The van der Waals surface area contributed by atoms with Gasteiger partial charge in [0.2, 0.25) is 10.0 Å². The fourth-order valence-corrected chi connectivity index (χ4v) is 7.19. The number of rotatable bonds is 11. The molecule has 0 spiro atoms. The van der Waals surface area contributed by atoms with Crippen LogP contribution in [0.2, 0.25) is 0 Å². The number of hydrogen-bond acceptors (Lipinski definition) is 6. The first-order valence-electron chi connectivity index (χ1n) is 14.6. The molecular formula is C35H36N4O3S. The zero-order valence-corrected chi connectivity index (χ0v) is 24.8. The van der Waals surface area contributed by atoms with Crippen molar-refractivity contribution in [2.75, 3.05) is 37.6 Å². The summed E-state index contributed by atoms with van der Waals surface area (Å²) in [6, 6.07) is 36.8. The summed E-state index contributed by atoms with van der Waals surface area (Å²) >= 11 is 0. The molecule has 5 aromatic rings. The van der Waals surface area contributed by atoms with Gasteiger partial charge in [-0.3, -0.25) is 9.88 Å². The maximum absolute atomic E-state index is 14.1. The van der Waals surface area contributed by atoms with E-state index in [0.29, 0.717) is 18.5 Å². The number of nitrogens with zero attached hydrogens (tertiary/aromatic N) is 3. The average Bonchev–Trinajstić information content (AvgIpc) is 3.06. The molecule has 220 valence electrons. The molecule has 1 saturated heterocycles. The van der Waals surface area contributed by atoms with E-state index >= 15 is 0 Å². The predicted octanol–water partition coefficient (Wildman–Crippen LogP) is 5.66. The van der Waals surface area contributed by atoms with Gasteiger partial charge < -0.3 is 9.64 Å². The van der Waals surface area contributed by atoms with E-state index in [1.807, 2.05) is 72.8 Å². The van der Waals surface area contributed by atoms with Crippen molar-refractivity contribution < 1.29 is 13.2 Å². The molecule has 4 aromatic carbocycles. The number of anilines is 1. The average molecular weight is 593 g/mol. The number of benzene rings is 4. The standard InChI is InChI=1S/C35H36N4O3S/c40-43(41,34-18-10-15-30-25-36-20-19-32(30)34)37-33(26-38-21-23-39(24-22-38)31-16-8-3-9-17-31)35(29-13-6-2-7-14-29)42-27-28-11-4-1-5-12-28/h1-20,25,33,35,37H,21-24,26-27H2. The number of aromatic nitrogens is 1. The first-order chi connectivity index (χ1) is 21.1. The number of hydrogen-bond donors (Lipinski definition) is 1. The van der Waals surface area contributed by atoms with Crippen molar-refractivity contribution in [2.45, 2.75) is 23.6 Å². The Labute approximate surface area is 253 Å². The van der Waals surface area contributed by atoms with E-state index in [1.54, 1.807) is 30.6 Å². The summed E-state index contributed by atoms with van der Waals surface area (Å²) in [7, 11) is -3.92. The molecule has 0 radical (unpaired) electrons. The van der Waals surface area contributed by atoms with Gasteiger partial charge in [-0.15, -0.1) is 0 Å². The van der Waals surface area contributed by atoms with Crippen molar-refractivity contribution in [3.63, 3.8) is 0 Å². The highest BCUT2D eigenvalue weighted by molar-refractivity contribution is 7.89. The van der Waals surface area contributed by atoms with E-state index in [0.717, 1.165) is 42.7 Å². The van der Waals surface area contributed by atoms with E-state index in [1.165, 1.54) is 5.69 Å². The maximum Gasteiger partial charge on any atom is 0.241 e. The number of nitrogens with one attached hydrogen (secondary N) is 1. The van der Waals surface area contributed by atoms with E-state index in [4.69, 9.17) is 4.74 Å². The third kappa shape index (κ3) is 7.12. The van der Waals surface area contributed by atoms with Gasteiger partial charge in [-0.05, 0) is 35.4 Å². The van der Waals surface area contributed by atoms with Crippen LogP contribution in [0, 0.1) is 0 Å². The number of pyridine rings is 1. The molecule has 0 amide bonds. The highest BCUT2D eigenvalue weighted by atomic mass is 32.2. The van der Waals surface area contributed by atoms with Crippen molar-refractivity contribution in [1.82, 2.24) is 14.6 Å². The van der Waals surface area contributed by atoms with Gasteiger partial charge in [-0.25, -0.2) is 13.1 Å². The summed E-state index contributed by atoms with van der Waals surface area (Å²) in [6.07, 6.45) is 2.80. The Kier molecular flexibility index (Phi) is 9.10. The molecule has 6 rings (SSSR count). The molecular weight excluding hydrogens is 556 g/mol. The SMILES string of the molecule is O=S(=O)(NC(CN1CCN(c2ccccc2)CC1)C(OCc1ccccc1)c1ccccc1)c1cccc2cnccc12. The Bertz CT molecular complexity index is 1710.